The number of hydrogen-bond donors (Lipinski definition) is 1. The van der Waals surface area contributed by atoms with Crippen LogP contribution in [0.25, 0.3) is 0 Å². The van der Waals surface area contributed by atoms with Crippen molar-refractivity contribution < 1.29 is 28.0 Å². The van der Waals surface area contributed by atoms with Gasteiger partial charge in [0.2, 0.25) is 6.10 Å². The Labute approximate surface area is 189 Å². The standard InChI is InChI=1S/C21H12Cl2F2N2O5/c22-14-10-17(25)16(24)9-13(14)21(29)32-19(11-4-2-1-3-5-11)20(28)26-18-7-6-12(27(30)31)8-15(18)23/h1-10,19H,(H,26,28). The topological polar surface area (TPSA) is 98.5 Å². The van der Waals surface area contributed by atoms with Crippen LogP contribution in [0.15, 0.2) is 60.7 Å². The molecule has 32 heavy (non-hydrogen) atoms. The third-order valence-corrected chi connectivity index (χ3v) is 4.84. The minimum absolute atomic E-state index is 0.0325. The van der Waals surface area contributed by atoms with Gasteiger partial charge in [-0.3, -0.25) is 14.9 Å². The molecule has 1 N–H and O–H groups in total. The summed E-state index contributed by atoms with van der Waals surface area (Å²) in [5.74, 6) is -4.59. The quantitative estimate of drug-likeness (QED) is 0.210. The minimum atomic E-state index is -1.53. The van der Waals surface area contributed by atoms with E-state index in [0.717, 1.165) is 12.1 Å². The Morgan fingerprint density at radius 3 is 2.25 bits per heavy atom. The second-order valence-corrected chi connectivity index (χ2v) is 7.17. The van der Waals surface area contributed by atoms with Crippen LogP contribution in [0.5, 0.6) is 0 Å². The number of esters is 1. The lowest BCUT2D eigenvalue weighted by molar-refractivity contribution is -0.384. The highest BCUT2D eigenvalue weighted by atomic mass is 35.5. The smallest absolute Gasteiger partial charge is 0.340 e. The average Bonchev–Trinajstić information content (AvgIpc) is 2.76. The van der Waals surface area contributed by atoms with E-state index in [0.29, 0.717) is 12.1 Å². The molecule has 0 saturated carbocycles. The van der Waals surface area contributed by atoms with Gasteiger partial charge in [0.15, 0.2) is 11.6 Å². The Balaban J connectivity index is 1.90. The van der Waals surface area contributed by atoms with Crippen LogP contribution in [0.1, 0.15) is 22.0 Å². The molecule has 0 aliphatic heterocycles. The number of amides is 1. The largest absolute Gasteiger partial charge is 0.444 e. The third-order valence-electron chi connectivity index (χ3n) is 4.22. The first-order valence-corrected chi connectivity index (χ1v) is 9.58. The van der Waals surface area contributed by atoms with Crippen molar-refractivity contribution in [1.29, 1.82) is 0 Å². The van der Waals surface area contributed by atoms with Crippen LogP contribution in [0.4, 0.5) is 20.2 Å². The monoisotopic (exact) mass is 480 g/mol. The van der Waals surface area contributed by atoms with Gasteiger partial charge in [0.1, 0.15) is 0 Å². The second kappa shape index (κ2) is 9.71. The molecule has 3 rings (SSSR count). The number of benzene rings is 3. The van der Waals surface area contributed by atoms with Crippen molar-refractivity contribution in [2.24, 2.45) is 0 Å². The molecule has 0 heterocycles. The van der Waals surface area contributed by atoms with Crippen molar-refractivity contribution in [2.45, 2.75) is 6.10 Å². The van der Waals surface area contributed by atoms with E-state index in [9.17, 15) is 28.5 Å². The minimum Gasteiger partial charge on any atom is -0.444 e. The SMILES string of the molecule is O=C(OC(C(=O)Nc1ccc([N+](=O)[O-])cc1Cl)c1ccccc1)c1cc(F)c(F)cc1Cl. The van der Waals surface area contributed by atoms with Crippen molar-refractivity contribution in [3.05, 3.63) is 104 Å². The molecule has 3 aromatic carbocycles. The van der Waals surface area contributed by atoms with Crippen molar-refractivity contribution in [3.8, 4) is 0 Å². The fourth-order valence-electron chi connectivity index (χ4n) is 2.67. The normalized spacial score (nSPS) is 11.5. The predicted molar refractivity (Wildman–Crippen MR) is 113 cm³/mol. The summed E-state index contributed by atoms with van der Waals surface area (Å²) in [7, 11) is 0. The van der Waals surface area contributed by atoms with Gasteiger partial charge < -0.3 is 10.1 Å². The fraction of sp³-hybridized carbons (Fsp3) is 0.0476. The lowest BCUT2D eigenvalue weighted by atomic mass is 10.1. The Hall–Kier alpha value is -3.56. The summed E-state index contributed by atoms with van der Waals surface area (Å²) < 4.78 is 32.1. The zero-order valence-electron chi connectivity index (χ0n) is 15.9. The van der Waals surface area contributed by atoms with Crippen LogP contribution >= 0.6 is 23.2 Å². The van der Waals surface area contributed by atoms with Crippen molar-refractivity contribution in [3.63, 3.8) is 0 Å². The first kappa shape index (κ1) is 23.1. The van der Waals surface area contributed by atoms with Gasteiger partial charge in [0.25, 0.3) is 11.6 Å². The van der Waals surface area contributed by atoms with Gasteiger partial charge in [-0.2, -0.15) is 0 Å². The van der Waals surface area contributed by atoms with Gasteiger partial charge in [-0.15, -0.1) is 0 Å². The third kappa shape index (κ3) is 5.19. The highest BCUT2D eigenvalue weighted by molar-refractivity contribution is 6.34. The molecular weight excluding hydrogens is 469 g/mol. The van der Waals surface area contributed by atoms with E-state index in [4.69, 9.17) is 27.9 Å². The number of ether oxygens (including phenoxy) is 1. The summed E-state index contributed by atoms with van der Waals surface area (Å²) in [6.45, 7) is 0. The number of non-ortho nitro benzene ring substituents is 1. The molecule has 7 nitrogen and oxygen atoms in total. The molecule has 0 radical (unpaired) electrons. The number of nitro groups is 1. The predicted octanol–water partition coefficient (Wildman–Crippen LogP) is 5.72. The zero-order chi connectivity index (χ0) is 23.4. The Bertz CT molecular complexity index is 1210. The molecule has 3 aromatic rings. The summed E-state index contributed by atoms with van der Waals surface area (Å²) in [5.41, 5.74) is -0.472. The van der Waals surface area contributed by atoms with Crippen LogP contribution in [-0.4, -0.2) is 16.8 Å². The number of hydrogen-bond acceptors (Lipinski definition) is 5. The van der Waals surface area contributed by atoms with E-state index in [-0.39, 0.29) is 22.0 Å². The average molecular weight is 481 g/mol. The molecule has 11 heteroatoms. The maximum absolute atomic E-state index is 13.6. The summed E-state index contributed by atoms with van der Waals surface area (Å²) in [6.07, 6.45) is -1.53. The van der Waals surface area contributed by atoms with E-state index < -0.39 is 45.1 Å². The second-order valence-electron chi connectivity index (χ2n) is 6.35. The molecule has 0 saturated heterocycles. The number of nitrogens with zero attached hydrogens (tertiary/aromatic N) is 1. The van der Waals surface area contributed by atoms with E-state index in [1.807, 2.05) is 0 Å². The van der Waals surface area contributed by atoms with Crippen molar-refractivity contribution in [1.82, 2.24) is 0 Å². The van der Waals surface area contributed by atoms with Gasteiger partial charge in [-0.1, -0.05) is 53.5 Å². The Kier molecular flexibility index (Phi) is 7.01. The first-order valence-electron chi connectivity index (χ1n) is 8.82. The first-order chi connectivity index (χ1) is 15.2. The lowest BCUT2D eigenvalue weighted by Gasteiger charge is -2.19. The molecule has 0 aliphatic rings. The van der Waals surface area contributed by atoms with E-state index >= 15 is 0 Å². The maximum atomic E-state index is 13.6. The molecule has 0 spiro atoms. The van der Waals surface area contributed by atoms with Crippen LogP contribution in [0, 0.1) is 21.7 Å². The van der Waals surface area contributed by atoms with Gasteiger partial charge >= 0.3 is 5.97 Å². The van der Waals surface area contributed by atoms with E-state index in [2.05, 4.69) is 5.32 Å². The molecular formula is C21H12Cl2F2N2O5. The van der Waals surface area contributed by atoms with Gasteiger partial charge in [-0.05, 0) is 18.2 Å². The number of anilines is 1. The van der Waals surface area contributed by atoms with Crippen LogP contribution in [0.3, 0.4) is 0 Å². The summed E-state index contributed by atoms with van der Waals surface area (Å²) in [4.78, 5) is 35.7. The molecule has 1 unspecified atom stereocenters. The fourth-order valence-corrected chi connectivity index (χ4v) is 3.12. The van der Waals surface area contributed by atoms with Gasteiger partial charge in [0.05, 0.1) is 26.2 Å². The summed E-state index contributed by atoms with van der Waals surface area (Å²) >= 11 is 11.8. The Morgan fingerprint density at radius 2 is 1.62 bits per heavy atom. The molecule has 0 aromatic heterocycles. The Morgan fingerprint density at radius 1 is 0.969 bits per heavy atom. The van der Waals surface area contributed by atoms with E-state index in [1.165, 1.54) is 18.2 Å². The molecule has 0 aliphatic carbocycles. The number of halogens is 4. The number of carbonyl (C=O) groups excluding carboxylic acids is 2. The van der Waals surface area contributed by atoms with Crippen LogP contribution < -0.4 is 5.32 Å². The number of carbonyl (C=O) groups is 2. The van der Waals surface area contributed by atoms with Crippen molar-refractivity contribution >= 4 is 46.5 Å². The van der Waals surface area contributed by atoms with E-state index in [1.54, 1.807) is 18.2 Å². The summed E-state index contributed by atoms with van der Waals surface area (Å²) in [6, 6.07) is 12.4. The number of nitrogens with one attached hydrogen (secondary N) is 1. The van der Waals surface area contributed by atoms with Gasteiger partial charge in [-0.25, -0.2) is 13.6 Å². The highest BCUT2D eigenvalue weighted by Crippen LogP contribution is 2.29. The van der Waals surface area contributed by atoms with Crippen molar-refractivity contribution in [2.75, 3.05) is 5.32 Å². The molecule has 1 amide bonds. The maximum Gasteiger partial charge on any atom is 0.340 e. The zero-order valence-corrected chi connectivity index (χ0v) is 17.4. The highest BCUT2D eigenvalue weighted by Gasteiger charge is 2.28. The van der Waals surface area contributed by atoms with Crippen LogP contribution in [-0.2, 0) is 9.53 Å². The summed E-state index contributed by atoms with van der Waals surface area (Å²) in [5, 5.41) is 12.8. The van der Waals surface area contributed by atoms with Gasteiger partial charge in [0, 0.05) is 17.7 Å². The lowest BCUT2D eigenvalue weighted by Crippen LogP contribution is -2.26. The van der Waals surface area contributed by atoms with Crippen LogP contribution in [0.2, 0.25) is 10.0 Å². The number of nitro benzene ring substituents is 1. The molecule has 0 bridgehead atoms. The molecule has 1 atom stereocenters. The number of rotatable bonds is 6. The molecule has 164 valence electrons. The molecule has 0 fully saturated rings.